The Balaban J connectivity index is 1.61. The van der Waals surface area contributed by atoms with Gasteiger partial charge >= 0.3 is 0 Å². The molecule has 3 rings (SSSR count). The summed E-state index contributed by atoms with van der Waals surface area (Å²) in [7, 11) is 5.33. The summed E-state index contributed by atoms with van der Waals surface area (Å²) in [6, 6.07) is 15.6. The van der Waals surface area contributed by atoms with E-state index in [0.29, 0.717) is 27.7 Å². The summed E-state index contributed by atoms with van der Waals surface area (Å²) in [5.41, 5.74) is 1.48. The average molecular weight is 420 g/mol. The number of hydrogen-bond acceptors (Lipinski definition) is 5. The average Bonchev–Trinajstić information content (AvgIpc) is 2.69. The fourth-order valence-corrected chi connectivity index (χ4v) is 3.50. The van der Waals surface area contributed by atoms with Gasteiger partial charge in [0.15, 0.2) is 0 Å². The first kappa shape index (κ1) is 21.5. The van der Waals surface area contributed by atoms with E-state index in [1.165, 1.54) is 25.0 Å². The van der Waals surface area contributed by atoms with Gasteiger partial charge in [0.25, 0.3) is 0 Å². The molecular weight excluding hydrogens is 402 g/mol. The van der Waals surface area contributed by atoms with Gasteiger partial charge in [-0.1, -0.05) is 36.0 Å². The van der Waals surface area contributed by atoms with Gasteiger partial charge in [-0.25, -0.2) is 9.97 Å². The number of aromatic nitrogens is 2. The molecule has 1 unspecified atom stereocenters. The first-order chi connectivity index (χ1) is 14.4. The van der Waals surface area contributed by atoms with Gasteiger partial charge in [0.1, 0.15) is 25.0 Å². The van der Waals surface area contributed by atoms with E-state index in [4.69, 9.17) is 7.85 Å². The molecule has 0 aliphatic carbocycles. The van der Waals surface area contributed by atoms with Crippen LogP contribution < -0.4 is 10.6 Å². The van der Waals surface area contributed by atoms with Crippen molar-refractivity contribution in [2.24, 2.45) is 0 Å². The zero-order chi connectivity index (χ0) is 21.5. The summed E-state index contributed by atoms with van der Waals surface area (Å²) < 4.78 is 13.5. The topological polar surface area (TPSA) is 84.0 Å². The summed E-state index contributed by atoms with van der Waals surface area (Å²) in [4.78, 5) is 32.5. The van der Waals surface area contributed by atoms with Crippen LogP contribution in [-0.4, -0.2) is 29.6 Å². The molecule has 2 radical (unpaired) electrons. The Labute approximate surface area is 179 Å². The Morgan fingerprint density at radius 1 is 1.10 bits per heavy atom. The Morgan fingerprint density at radius 3 is 2.53 bits per heavy atom. The third-order valence-corrected chi connectivity index (χ3v) is 4.95. The number of carbonyl (C=O) groups is 2. The summed E-state index contributed by atoms with van der Waals surface area (Å²) >= 11 is 1.39. The van der Waals surface area contributed by atoms with Crippen LogP contribution in [0.2, 0.25) is 0 Å². The minimum absolute atomic E-state index is 0.0250. The van der Waals surface area contributed by atoms with E-state index in [1.807, 2.05) is 12.1 Å². The van der Waals surface area contributed by atoms with Crippen molar-refractivity contribution in [2.75, 3.05) is 10.6 Å². The number of anilines is 2. The molecule has 0 aliphatic heterocycles. The summed E-state index contributed by atoms with van der Waals surface area (Å²) in [5.74, 6) is -0.0442. The monoisotopic (exact) mass is 420 g/mol. The second-order valence-corrected chi connectivity index (χ2v) is 7.47. The highest BCUT2D eigenvalue weighted by Crippen LogP contribution is 2.28. The summed E-state index contributed by atoms with van der Waals surface area (Å²) in [5, 5.41) is 6.08. The number of benzene rings is 2. The van der Waals surface area contributed by atoms with Crippen molar-refractivity contribution < 1.29 is 14.0 Å². The van der Waals surface area contributed by atoms with Crippen LogP contribution in [0.15, 0.2) is 70.8 Å². The molecule has 0 spiro atoms. The first-order valence-electron chi connectivity index (χ1n) is 9.05. The predicted octanol–water partition coefficient (Wildman–Crippen LogP) is 3.90. The highest BCUT2D eigenvalue weighted by Gasteiger charge is 2.12. The number of alkyl halides is 1. The highest BCUT2D eigenvalue weighted by molar-refractivity contribution is 7.99. The highest BCUT2D eigenvalue weighted by atomic mass is 32.2. The van der Waals surface area contributed by atoms with Crippen molar-refractivity contribution in [1.29, 1.82) is 0 Å². The zero-order valence-corrected chi connectivity index (χ0v) is 16.9. The molecule has 2 aromatic carbocycles. The molecule has 9 heteroatoms. The molecule has 3 aromatic rings. The Kier molecular flexibility index (Phi) is 7.19. The minimum atomic E-state index is -1.63. The second kappa shape index (κ2) is 10.0. The molecule has 2 amide bonds. The van der Waals surface area contributed by atoms with Crippen LogP contribution in [0, 0.1) is 0 Å². The van der Waals surface area contributed by atoms with Gasteiger partial charge in [0.2, 0.25) is 11.8 Å². The van der Waals surface area contributed by atoms with Crippen LogP contribution in [0.5, 0.6) is 0 Å². The SMILES string of the molecule is [B]C(F)c1ccccc1CC(=O)Nc1ccc(Sc2cc(NC(C)=O)ncn2)cc1. The molecule has 0 saturated carbocycles. The largest absolute Gasteiger partial charge is 0.326 e. The van der Waals surface area contributed by atoms with E-state index in [2.05, 4.69) is 20.6 Å². The lowest BCUT2D eigenvalue weighted by molar-refractivity contribution is -0.116. The molecule has 6 nitrogen and oxygen atoms in total. The minimum Gasteiger partial charge on any atom is -0.326 e. The maximum absolute atomic E-state index is 13.5. The van der Waals surface area contributed by atoms with Crippen LogP contribution in [0.25, 0.3) is 0 Å². The lowest BCUT2D eigenvalue weighted by Crippen LogP contribution is -2.15. The number of rotatable bonds is 7. The maximum atomic E-state index is 13.5. The van der Waals surface area contributed by atoms with Crippen molar-refractivity contribution >= 4 is 42.9 Å². The molecule has 1 atom stereocenters. The molecule has 1 aromatic heterocycles. The fourth-order valence-electron chi connectivity index (χ4n) is 2.71. The van der Waals surface area contributed by atoms with Crippen molar-refractivity contribution in [3.63, 3.8) is 0 Å². The standard InChI is InChI=1S/C21H18BFN4O2S/c1-13(28)26-18-11-20(25-12-24-18)30-16-8-6-15(7-9-16)27-19(29)10-14-4-2-3-5-17(14)21(22)23/h2-9,11-12,21H,10H2,1H3,(H,27,29)(H,24,25,26,28). The molecule has 1 heterocycles. The van der Waals surface area contributed by atoms with Crippen LogP contribution >= 0.6 is 11.8 Å². The predicted molar refractivity (Wildman–Crippen MR) is 115 cm³/mol. The smallest absolute Gasteiger partial charge is 0.228 e. The number of halogens is 1. The van der Waals surface area contributed by atoms with Crippen LogP contribution in [0.4, 0.5) is 15.9 Å². The van der Waals surface area contributed by atoms with Gasteiger partial charge in [-0.2, -0.15) is 0 Å². The third kappa shape index (κ3) is 6.15. The van der Waals surface area contributed by atoms with Gasteiger partial charge < -0.3 is 10.6 Å². The van der Waals surface area contributed by atoms with Gasteiger partial charge in [-0.3, -0.25) is 14.0 Å². The number of nitrogens with zero attached hydrogens (tertiary/aromatic N) is 2. The van der Waals surface area contributed by atoms with Crippen molar-refractivity contribution in [3.05, 3.63) is 72.1 Å². The summed E-state index contributed by atoms with van der Waals surface area (Å²) in [6.45, 7) is 1.41. The van der Waals surface area contributed by atoms with E-state index in [1.54, 1.807) is 42.5 Å². The van der Waals surface area contributed by atoms with E-state index < -0.39 is 6.07 Å². The maximum Gasteiger partial charge on any atom is 0.228 e. The van der Waals surface area contributed by atoms with E-state index >= 15 is 0 Å². The van der Waals surface area contributed by atoms with E-state index in [9.17, 15) is 14.0 Å². The number of amides is 2. The van der Waals surface area contributed by atoms with Crippen LogP contribution in [0.1, 0.15) is 24.1 Å². The molecule has 0 fully saturated rings. The zero-order valence-electron chi connectivity index (χ0n) is 16.1. The molecular formula is C21H18BFN4O2S. The Bertz CT molecular complexity index is 1050. The van der Waals surface area contributed by atoms with Gasteiger partial charge in [-0.05, 0) is 35.4 Å². The lowest BCUT2D eigenvalue weighted by Gasteiger charge is -2.11. The van der Waals surface area contributed by atoms with E-state index in [-0.39, 0.29) is 18.2 Å². The van der Waals surface area contributed by atoms with Crippen molar-refractivity contribution in [2.45, 2.75) is 29.3 Å². The van der Waals surface area contributed by atoms with E-state index in [0.717, 1.165) is 4.90 Å². The van der Waals surface area contributed by atoms with Crippen LogP contribution in [0.3, 0.4) is 0 Å². The first-order valence-corrected chi connectivity index (χ1v) is 9.87. The van der Waals surface area contributed by atoms with Gasteiger partial charge in [0, 0.05) is 23.6 Å². The van der Waals surface area contributed by atoms with Gasteiger partial charge in [0.05, 0.1) is 12.5 Å². The third-order valence-electron chi connectivity index (χ3n) is 4.01. The number of carbonyl (C=O) groups excluding carboxylic acids is 2. The second-order valence-electron chi connectivity index (χ2n) is 6.37. The van der Waals surface area contributed by atoms with Crippen molar-refractivity contribution in [3.8, 4) is 0 Å². The molecule has 0 aliphatic rings. The number of nitrogens with one attached hydrogen (secondary N) is 2. The molecule has 30 heavy (non-hydrogen) atoms. The Morgan fingerprint density at radius 2 is 1.83 bits per heavy atom. The van der Waals surface area contributed by atoms with Gasteiger partial charge in [-0.15, -0.1) is 0 Å². The molecule has 150 valence electrons. The molecule has 0 saturated heterocycles. The number of hydrogen-bond donors (Lipinski definition) is 2. The lowest BCUT2D eigenvalue weighted by atomic mass is 9.89. The molecule has 2 N–H and O–H groups in total. The van der Waals surface area contributed by atoms with Crippen molar-refractivity contribution in [1.82, 2.24) is 9.97 Å². The van der Waals surface area contributed by atoms with Crippen LogP contribution in [-0.2, 0) is 16.0 Å². The normalized spacial score (nSPS) is 11.5. The quantitative estimate of drug-likeness (QED) is 0.448. The summed E-state index contributed by atoms with van der Waals surface area (Å²) in [6.07, 6.45) is -0.223. The Hall–Kier alpha value is -3.20. The molecule has 0 bridgehead atoms. The fraction of sp³-hybridized carbons (Fsp3) is 0.143.